The first-order valence-corrected chi connectivity index (χ1v) is 13.8. The number of halogens is 1. The van der Waals surface area contributed by atoms with E-state index in [0.717, 1.165) is 36.8 Å². The van der Waals surface area contributed by atoms with E-state index in [-0.39, 0.29) is 14.7 Å². The summed E-state index contributed by atoms with van der Waals surface area (Å²) in [7, 11) is -7.14. The van der Waals surface area contributed by atoms with Crippen molar-refractivity contribution < 1.29 is 16.8 Å². The van der Waals surface area contributed by atoms with Gasteiger partial charge in [0, 0.05) is 18.1 Å². The molecule has 0 amide bonds. The van der Waals surface area contributed by atoms with E-state index < -0.39 is 19.9 Å². The molecule has 5 nitrogen and oxygen atoms in total. The van der Waals surface area contributed by atoms with Gasteiger partial charge in [-0.25, -0.2) is 16.8 Å². The highest BCUT2D eigenvalue weighted by molar-refractivity contribution is 7.91. The molecule has 0 unspecified atom stereocenters. The van der Waals surface area contributed by atoms with Crippen LogP contribution in [0, 0.1) is 0 Å². The number of nitrogens with zero attached hydrogens (tertiary/aromatic N) is 1. The van der Waals surface area contributed by atoms with Gasteiger partial charge in [0.1, 0.15) is 0 Å². The molecule has 1 saturated heterocycles. The third-order valence-electron chi connectivity index (χ3n) is 5.68. The maximum Gasteiger partial charge on any atom is 0.243 e. The Hall–Kier alpha value is -2.19. The Kier molecular flexibility index (Phi) is 6.72. The van der Waals surface area contributed by atoms with Gasteiger partial charge in [0.05, 0.1) is 14.7 Å². The molecular formula is C24H24ClNO4S2. The molecule has 8 heteroatoms. The zero-order valence-electron chi connectivity index (χ0n) is 17.4. The maximum atomic E-state index is 12.9. The van der Waals surface area contributed by atoms with Crippen LogP contribution in [0.25, 0.3) is 11.1 Å². The fraction of sp³-hybridized carbons (Fsp3) is 0.250. The molecule has 1 fully saturated rings. The summed E-state index contributed by atoms with van der Waals surface area (Å²) in [6, 6.07) is 19.4. The molecule has 168 valence electrons. The Morgan fingerprint density at radius 1 is 0.562 bits per heavy atom. The molecule has 0 atom stereocenters. The zero-order valence-corrected chi connectivity index (χ0v) is 19.8. The van der Waals surface area contributed by atoms with E-state index in [9.17, 15) is 16.8 Å². The van der Waals surface area contributed by atoms with E-state index in [1.54, 1.807) is 65.0 Å². The summed E-state index contributed by atoms with van der Waals surface area (Å²) in [5, 5.41) is 0.473. The van der Waals surface area contributed by atoms with Crippen LogP contribution in [0.1, 0.15) is 25.7 Å². The fourth-order valence-electron chi connectivity index (χ4n) is 3.83. The minimum absolute atomic E-state index is 0.178. The molecule has 0 bridgehead atoms. The van der Waals surface area contributed by atoms with Crippen LogP contribution in [0.15, 0.2) is 87.5 Å². The first-order valence-electron chi connectivity index (χ1n) is 10.5. The molecule has 32 heavy (non-hydrogen) atoms. The molecule has 0 saturated carbocycles. The van der Waals surface area contributed by atoms with Crippen LogP contribution < -0.4 is 0 Å². The van der Waals surface area contributed by atoms with Crippen molar-refractivity contribution in [1.82, 2.24) is 4.31 Å². The van der Waals surface area contributed by atoms with Gasteiger partial charge in [-0.1, -0.05) is 48.7 Å². The molecule has 1 aliphatic heterocycles. The third kappa shape index (κ3) is 4.76. The summed E-state index contributed by atoms with van der Waals surface area (Å²) in [4.78, 5) is 0.645. The summed E-state index contributed by atoms with van der Waals surface area (Å²) in [6.45, 7) is 1.13. The van der Waals surface area contributed by atoms with E-state index in [2.05, 4.69) is 0 Å². The summed E-state index contributed by atoms with van der Waals surface area (Å²) in [5.41, 5.74) is 1.62. The SMILES string of the molecule is O=S(=O)(c1ccc(Cl)cc1)c1ccc(-c2ccc(S(=O)(=O)N3CCCCCC3)cc2)cc1. The monoisotopic (exact) mass is 489 g/mol. The van der Waals surface area contributed by atoms with Crippen LogP contribution in [0.3, 0.4) is 0 Å². The van der Waals surface area contributed by atoms with Crippen molar-refractivity contribution >= 4 is 31.5 Å². The molecule has 0 radical (unpaired) electrons. The van der Waals surface area contributed by atoms with Gasteiger partial charge in [-0.15, -0.1) is 0 Å². The average Bonchev–Trinajstić information content (AvgIpc) is 3.10. The summed E-state index contributed by atoms with van der Waals surface area (Å²) < 4.78 is 53.1. The lowest BCUT2D eigenvalue weighted by molar-refractivity contribution is 0.424. The van der Waals surface area contributed by atoms with Gasteiger partial charge in [0.15, 0.2) is 0 Å². The van der Waals surface area contributed by atoms with Crippen LogP contribution in [0.2, 0.25) is 5.02 Å². The lowest BCUT2D eigenvalue weighted by atomic mass is 10.1. The van der Waals surface area contributed by atoms with Gasteiger partial charge >= 0.3 is 0 Å². The van der Waals surface area contributed by atoms with Crippen molar-refractivity contribution in [1.29, 1.82) is 0 Å². The van der Waals surface area contributed by atoms with E-state index in [1.807, 2.05) is 0 Å². The maximum absolute atomic E-state index is 12.9. The highest BCUT2D eigenvalue weighted by Crippen LogP contribution is 2.28. The van der Waals surface area contributed by atoms with Crippen molar-refractivity contribution in [2.24, 2.45) is 0 Å². The van der Waals surface area contributed by atoms with Crippen molar-refractivity contribution in [2.75, 3.05) is 13.1 Å². The number of rotatable bonds is 5. The van der Waals surface area contributed by atoms with E-state index in [4.69, 9.17) is 11.6 Å². The second-order valence-corrected chi connectivity index (χ2v) is 12.1. The molecular weight excluding hydrogens is 466 g/mol. The zero-order chi connectivity index (χ0) is 22.8. The first-order chi connectivity index (χ1) is 15.3. The van der Waals surface area contributed by atoms with Crippen LogP contribution >= 0.6 is 11.6 Å². The largest absolute Gasteiger partial charge is 0.243 e. The van der Waals surface area contributed by atoms with Gasteiger partial charge in [-0.05, 0) is 72.5 Å². The fourth-order valence-corrected chi connectivity index (χ4v) is 6.73. The predicted octanol–water partition coefficient (Wildman–Crippen LogP) is 5.40. The van der Waals surface area contributed by atoms with Crippen LogP contribution in [-0.2, 0) is 19.9 Å². The van der Waals surface area contributed by atoms with E-state index in [0.29, 0.717) is 18.1 Å². The molecule has 4 rings (SSSR count). The predicted molar refractivity (Wildman–Crippen MR) is 126 cm³/mol. The second-order valence-electron chi connectivity index (χ2n) is 7.82. The Morgan fingerprint density at radius 3 is 1.44 bits per heavy atom. The number of sulfone groups is 1. The van der Waals surface area contributed by atoms with Crippen LogP contribution in [0.5, 0.6) is 0 Å². The van der Waals surface area contributed by atoms with Gasteiger partial charge in [0.25, 0.3) is 0 Å². The van der Waals surface area contributed by atoms with Gasteiger partial charge in [0.2, 0.25) is 19.9 Å². The number of hydrogen-bond acceptors (Lipinski definition) is 4. The van der Waals surface area contributed by atoms with Crippen LogP contribution in [0.4, 0.5) is 0 Å². The topological polar surface area (TPSA) is 71.5 Å². The highest BCUT2D eigenvalue weighted by Gasteiger charge is 2.25. The van der Waals surface area contributed by atoms with Crippen LogP contribution in [-0.4, -0.2) is 34.2 Å². The first kappa shape index (κ1) is 23.0. The summed E-state index contributed by atoms with van der Waals surface area (Å²) >= 11 is 5.85. The standard InChI is InChI=1S/C24H24ClNO4S2/c25-21-9-15-23(16-10-21)31(27,28)22-11-5-19(6-12-22)20-7-13-24(14-8-20)32(29,30)26-17-3-1-2-4-18-26/h5-16H,1-4,17-18H2. The second kappa shape index (κ2) is 9.35. The van der Waals surface area contributed by atoms with E-state index in [1.165, 1.54) is 12.1 Å². The number of benzene rings is 3. The summed E-state index contributed by atoms with van der Waals surface area (Å²) in [6.07, 6.45) is 3.91. The lowest BCUT2D eigenvalue weighted by Gasteiger charge is -2.20. The molecule has 0 N–H and O–H groups in total. The van der Waals surface area contributed by atoms with Crippen molar-refractivity contribution in [3.8, 4) is 11.1 Å². The third-order valence-corrected chi connectivity index (χ3v) is 9.63. The highest BCUT2D eigenvalue weighted by atomic mass is 35.5. The normalized spacial score (nSPS) is 15.9. The molecule has 3 aromatic carbocycles. The molecule has 3 aromatic rings. The molecule has 1 aliphatic rings. The average molecular weight is 490 g/mol. The van der Waals surface area contributed by atoms with Crippen molar-refractivity contribution in [3.63, 3.8) is 0 Å². The minimum atomic E-state index is -3.64. The Morgan fingerprint density at radius 2 is 0.969 bits per heavy atom. The quantitative estimate of drug-likeness (QED) is 0.480. The Labute approximate surface area is 194 Å². The Bertz CT molecular complexity index is 1280. The summed E-state index contributed by atoms with van der Waals surface area (Å²) in [5.74, 6) is 0. The molecule has 0 spiro atoms. The lowest BCUT2D eigenvalue weighted by Crippen LogP contribution is -2.31. The molecule has 0 aromatic heterocycles. The Balaban J connectivity index is 1.55. The smallest absolute Gasteiger partial charge is 0.219 e. The van der Waals surface area contributed by atoms with Gasteiger partial charge in [-0.2, -0.15) is 4.31 Å². The number of sulfonamides is 1. The molecule has 0 aliphatic carbocycles. The van der Waals surface area contributed by atoms with Crippen molar-refractivity contribution in [2.45, 2.75) is 40.4 Å². The number of hydrogen-bond donors (Lipinski definition) is 0. The molecule has 1 heterocycles. The minimum Gasteiger partial charge on any atom is -0.219 e. The van der Waals surface area contributed by atoms with Gasteiger partial charge in [-0.3, -0.25) is 0 Å². The van der Waals surface area contributed by atoms with Crippen molar-refractivity contribution in [3.05, 3.63) is 77.8 Å². The van der Waals surface area contributed by atoms with E-state index >= 15 is 0 Å². The van der Waals surface area contributed by atoms with Gasteiger partial charge < -0.3 is 0 Å².